The van der Waals surface area contributed by atoms with E-state index in [1.807, 2.05) is 12.1 Å². The first-order valence-electron chi connectivity index (χ1n) is 8.60. The monoisotopic (exact) mass is 362 g/mol. The molecule has 0 spiro atoms. The molecule has 2 aromatic rings. The minimum atomic E-state index is -3.73. The molecule has 134 valence electrons. The van der Waals surface area contributed by atoms with Crippen LogP contribution in [-0.2, 0) is 10.0 Å². The Morgan fingerprint density at radius 1 is 0.960 bits per heavy atom. The van der Waals surface area contributed by atoms with Crippen molar-refractivity contribution < 1.29 is 12.8 Å². The molecule has 2 aromatic carbocycles. The standard InChI is InChI=1S/C19H23FN2O2S/c1-15-14-18(10-11-19(15)20)25(23,24)21-16-6-8-17(9-7-16)22-12-4-2-3-5-13-22/h6-11,14,21H,2-5,12-13H2,1H3. The van der Waals surface area contributed by atoms with Gasteiger partial charge in [0.15, 0.2) is 0 Å². The zero-order chi connectivity index (χ0) is 17.9. The molecular formula is C19H23FN2O2S. The third-order valence-electron chi connectivity index (χ3n) is 4.53. The lowest BCUT2D eigenvalue weighted by Crippen LogP contribution is -2.23. The summed E-state index contributed by atoms with van der Waals surface area (Å²) >= 11 is 0. The molecule has 0 aromatic heterocycles. The van der Waals surface area contributed by atoms with Crippen molar-refractivity contribution in [2.75, 3.05) is 22.7 Å². The Balaban J connectivity index is 1.74. The van der Waals surface area contributed by atoms with Gasteiger partial charge in [0.1, 0.15) is 5.82 Å². The molecule has 1 aliphatic rings. The van der Waals surface area contributed by atoms with Gasteiger partial charge in [0.2, 0.25) is 0 Å². The fraction of sp³-hybridized carbons (Fsp3) is 0.368. The van der Waals surface area contributed by atoms with Crippen LogP contribution in [0.5, 0.6) is 0 Å². The summed E-state index contributed by atoms with van der Waals surface area (Å²) in [6.07, 6.45) is 4.92. The van der Waals surface area contributed by atoms with E-state index < -0.39 is 15.8 Å². The molecule has 1 saturated heterocycles. The van der Waals surface area contributed by atoms with E-state index in [-0.39, 0.29) is 4.90 Å². The lowest BCUT2D eigenvalue weighted by Gasteiger charge is -2.22. The van der Waals surface area contributed by atoms with E-state index in [9.17, 15) is 12.8 Å². The van der Waals surface area contributed by atoms with Gasteiger partial charge in [-0.25, -0.2) is 12.8 Å². The molecule has 0 saturated carbocycles. The van der Waals surface area contributed by atoms with Crippen molar-refractivity contribution in [1.29, 1.82) is 0 Å². The minimum absolute atomic E-state index is 0.0583. The zero-order valence-corrected chi connectivity index (χ0v) is 15.2. The highest BCUT2D eigenvalue weighted by atomic mass is 32.2. The molecule has 1 heterocycles. The third kappa shape index (κ3) is 4.31. The van der Waals surface area contributed by atoms with E-state index in [1.165, 1.54) is 43.9 Å². The number of benzene rings is 2. The number of anilines is 2. The summed E-state index contributed by atoms with van der Waals surface area (Å²) in [5.74, 6) is -0.416. The van der Waals surface area contributed by atoms with E-state index in [0.717, 1.165) is 18.8 Å². The van der Waals surface area contributed by atoms with Crippen LogP contribution in [0, 0.1) is 12.7 Å². The number of rotatable bonds is 4. The summed E-state index contributed by atoms with van der Waals surface area (Å²) in [6.45, 7) is 3.63. The van der Waals surface area contributed by atoms with Gasteiger partial charge in [-0.3, -0.25) is 4.72 Å². The van der Waals surface area contributed by atoms with Crippen molar-refractivity contribution in [1.82, 2.24) is 0 Å². The average Bonchev–Trinajstić information content (AvgIpc) is 2.87. The van der Waals surface area contributed by atoms with Gasteiger partial charge < -0.3 is 4.90 Å². The van der Waals surface area contributed by atoms with Crippen molar-refractivity contribution in [3.8, 4) is 0 Å². The number of nitrogens with one attached hydrogen (secondary N) is 1. The van der Waals surface area contributed by atoms with Crippen LogP contribution in [0.4, 0.5) is 15.8 Å². The molecular weight excluding hydrogens is 339 g/mol. The summed E-state index contributed by atoms with van der Waals surface area (Å²) < 4.78 is 40.8. The normalized spacial score (nSPS) is 15.7. The second kappa shape index (κ2) is 7.44. The van der Waals surface area contributed by atoms with Gasteiger partial charge in [-0.15, -0.1) is 0 Å². The summed E-state index contributed by atoms with van der Waals surface area (Å²) in [5, 5.41) is 0. The predicted octanol–water partition coefficient (Wildman–Crippen LogP) is 4.32. The maximum absolute atomic E-state index is 13.3. The largest absolute Gasteiger partial charge is 0.372 e. The van der Waals surface area contributed by atoms with Crippen molar-refractivity contribution in [2.24, 2.45) is 0 Å². The molecule has 1 N–H and O–H groups in total. The molecule has 6 heteroatoms. The molecule has 25 heavy (non-hydrogen) atoms. The smallest absolute Gasteiger partial charge is 0.261 e. The molecule has 1 fully saturated rings. The molecule has 0 bridgehead atoms. The van der Waals surface area contributed by atoms with Gasteiger partial charge in [0.05, 0.1) is 4.90 Å². The lowest BCUT2D eigenvalue weighted by molar-refractivity contribution is 0.598. The van der Waals surface area contributed by atoms with Crippen LogP contribution in [0.15, 0.2) is 47.4 Å². The zero-order valence-electron chi connectivity index (χ0n) is 14.3. The molecule has 0 radical (unpaired) electrons. The molecule has 4 nitrogen and oxygen atoms in total. The summed E-state index contributed by atoms with van der Waals surface area (Å²) in [4.78, 5) is 2.40. The third-order valence-corrected chi connectivity index (χ3v) is 5.91. The van der Waals surface area contributed by atoms with Gasteiger partial charge in [0.25, 0.3) is 10.0 Å². The van der Waals surface area contributed by atoms with Gasteiger partial charge in [0, 0.05) is 24.5 Å². The second-order valence-corrected chi connectivity index (χ2v) is 8.15. The van der Waals surface area contributed by atoms with E-state index in [4.69, 9.17) is 0 Å². The highest BCUT2D eigenvalue weighted by Crippen LogP contribution is 2.23. The Bertz CT molecular complexity index is 827. The van der Waals surface area contributed by atoms with E-state index in [0.29, 0.717) is 11.3 Å². The Hall–Kier alpha value is -2.08. The van der Waals surface area contributed by atoms with Gasteiger partial charge >= 0.3 is 0 Å². The summed E-state index contributed by atoms with van der Waals surface area (Å²) in [6, 6.07) is 11.2. The first-order valence-corrected chi connectivity index (χ1v) is 10.1. The van der Waals surface area contributed by atoms with Gasteiger partial charge in [-0.1, -0.05) is 12.8 Å². The molecule has 0 amide bonds. The predicted molar refractivity (Wildman–Crippen MR) is 99.1 cm³/mol. The summed E-state index contributed by atoms with van der Waals surface area (Å²) in [5.41, 5.74) is 1.92. The highest BCUT2D eigenvalue weighted by Gasteiger charge is 2.16. The van der Waals surface area contributed by atoms with Crippen molar-refractivity contribution in [2.45, 2.75) is 37.5 Å². The fourth-order valence-electron chi connectivity index (χ4n) is 3.07. The van der Waals surface area contributed by atoms with Crippen molar-refractivity contribution >= 4 is 21.4 Å². The lowest BCUT2D eigenvalue weighted by atomic mass is 10.2. The van der Waals surface area contributed by atoms with Crippen LogP contribution >= 0.6 is 0 Å². The van der Waals surface area contributed by atoms with Crippen LogP contribution in [0.3, 0.4) is 0 Å². The first kappa shape index (κ1) is 17.7. The molecule has 0 unspecified atom stereocenters. The first-order chi connectivity index (χ1) is 12.0. The SMILES string of the molecule is Cc1cc(S(=O)(=O)Nc2ccc(N3CCCCCC3)cc2)ccc1F. The molecule has 1 aliphatic heterocycles. The van der Waals surface area contributed by atoms with Gasteiger partial charge in [-0.05, 0) is 67.8 Å². The number of halogens is 1. The van der Waals surface area contributed by atoms with E-state index >= 15 is 0 Å². The number of nitrogens with zero attached hydrogens (tertiary/aromatic N) is 1. The minimum Gasteiger partial charge on any atom is -0.372 e. The number of hydrogen-bond acceptors (Lipinski definition) is 3. The molecule has 3 rings (SSSR count). The number of hydrogen-bond donors (Lipinski definition) is 1. The second-order valence-electron chi connectivity index (χ2n) is 6.46. The topological polar surface area (TPSA) is 49.4 Å². The average molecular weight is 362 g/mol. The van der Waals surface area contributed by atoms with Crippen LogP contribution < -0.4 is 9.62 Å². The molecule has 0 atom stereocenters. The Kier molecular flexibility index (Phi) is 5.27. The maximum Gasteiger partial charge on any atom is 0.261 e. The van der Waals surface area contributed by atoms with E-state index in [1.54, 1.807) is 19.1 Å². The Morgan fingerprint density at radius 3 is 2.20 bits per heavy atom. The van der Waals surface area contributed by atoms with Crippen LogP contribution in [0.2, 0.25) is 0 Å². The molecule has 0 aliphatic carbocycles. The quantitative estimate of drug-likeness (QED) is 0.881. The number of sulfonamides is 1. The van der Waals surface area contributed by atoms with E-state index in [2.05, 4.69) is 9.62 Å². The number of aryl methyl sites for hydroxylation is 1. The highest BCUT2D eigenvalue weighted by molar-refractivity contribution is 7.92. The van der Waals surface area contributed by atoms with Crippen LogP contribution in [0.1, 0.15) is 31.2 Å². The van der Waals surface area contributed by atoms with Crippen LogP contribution in [0.25, 0.3) is 0 Å². The van der Waals surface area contributed by atoms with Crippen LogP contribution in [-0.4, -0.2) is 21.5 Å². The Morgan fingerprint density at radius 2 is 1.60 bits per heavy atom. The maximum atomic E-state index is 13.3. The fourth-order valence-corrected chi connectivity index (χ4v) is 4.21. The Labute approximate surface area is 148 Å². The van der Waals surface area contributed by atoms with Crippen molar-refractivity contribution in [3.05, 3.63) is 53.8 Å². The van der Waals surface area contributed by atoms with Gasteiger partial charge in [-0.2, -0.15) is 0 Å². The van der Waals surface area contributed by atoms with Crippen molar-refractivity contribution in [3.63, 3.8) is 0 Å². The summed E-state index contributed by atoms with van der Waals surface area (Å²) in [7, 11) is -3.73.